The van der Waals surface area contributed by atoms with Gasteiger partial charge in [0.1, 0.15) is 0 Å². The first-order valence-corrected chi connectivity index (χ1v) is 7.51. The minimum absolute atomic E-state index is 0.0871. The summed E-state index contributed by atoms with van der Waals surface area (Å²) in [6, 6.07) is 5.03. The first-order valence-electron chi connectivity index (χ1n) is 7.51. The zero-order valence-corrected chi connectivity index (χ0v) is 12.1. The average molecular weight is 288 g/mol. The van der Waals surface area contributed by atoms with Gasteiger partial charge in [-0.05, 0) is 37.2 Å². The summed E-state index contributed by atoms with van der Waals surface area (Å²) in [5.74, 6) is 0. The van der Waals surface area contributed by atoms with Gasteiger partial charge in [-0.15, -0.1) is 0 Å². The van der Waals surface area contributed by atoms with Gasteiger partial charge in [0.05, 0.1) is 30.9 Å². The third-order valence-electron chi connectivity index (χ3n) is 4.70. The van der Waals surface area contributed by atoms with E-state index in [0.717, 1.165) is 45.5 Å². The Morgan fingerprint density at radius 1 is 1.38 bits per heavy atom. The lowest BCUT2D eigenvalue weighted by atomic mass is 9.75. The van der Waals surface area contributed by atoms with Crippen molar-refractivity contribution < 1.29 is 9.47 Å². The smallest absolute Gasteiger partial charge is 0.251 e. The first-order chi connectivity index (χ1) is 10.2. The maximum absolute atomic E-state index is 11.9. The third-order valence-corrected chi connectivity index (χ3v) is 4.70. The Morgan fingerprint density at radius 2 is 2.19 bits per heavy atom. The van der Waals surface area contributed by atoms with Crippen LogP contribution in [-0.4, -0.2) is 30.5 Å². The van der Waals surface area contributed by atoms with Crippen molar-refractivity contribution in [3.8, 4) is 6.07 Å². The molecule has 0 aliphatic carbocycles. The summed E-state index contributed by atoms with van der Waals surface area (Å²) in [6.07, 6.45) is 6.05. The zero-order chi connectivity index (χ0) is 14.7. The van der Waals surface area contributed by atoms with Crippen molar-refractivity contribution in [2.45, 2.75) is 38.3 Å². The summed E-state index contributed by atoms with van der Waals surface area (Å²) < 4.78 is 13.1. The Balaban J connectivity index is 1.60. The van der Waals surface area contributed by atoms with Gasteiger partial charge in [-0.3, -0.25) is 4.79 Å². The maximum Gasteiger partial charge on any atom is 0.251 e. The van der Waals surface area contributed by atoms with E-state index >= 15 is 0 Å². The van der Waals surface area contributed by atoms with Crippen LogP contribution >= 0.6 is 0 Å². The highest BCUT2D eigenvalue weighted by molar-refractivity contribution is 5.25. The molecule has 0 saturated carbocycles. The molecule has 2 saturated heterocycles. The van der Waals surface area contributed by atoms with Crippen molar-refractivity contribution in [3.63, 3.8) is 0 Å². The first kappa shape index (κ1) is 14.3. The molecule has 0 radical (unpaired) electrons. The Labute approximate surface area is 124 Å². The van der Waals surface area contributed by atoms with E-state index < -0.39 is 0 Å². The molecule has 0 bridgehead atoms. The maximum atomic E-state index is 11.9. The predicted molar refractivity (Wildman–Crippen MR) is 76.9 cm³/mol. The van der Waals surface area contributed by atoms with Crippen LogP contribution in [0.4, 0.5) is 0 Å². The summed E-state index contributed by atoms with van der Waals surface area (Å²) in [5.41, 5.74) is 0.565. The van der Waals surface area contributed by atoms with E-state index in [-0.39, 0.29) is 11.7 Å². The largest absolute Gasteiger partial charge is 0.381 e. The molecular formula is C16H20N2O3. The molecule has 1 atom stereocenters. The van der Waals surface area contributed by atoms with Crippen LogP contribution in [0.2, 0.25) is 0 Å². The number of pyridine rings is 1. The molecule has 3 rings (SSSR count). The number of aromatic nitrogens is 1. The Kier molecular flexibility index (Phi) is 4.09. The number of hydrogen-bond acceptors (Lipinski definition) is 4. The van der Waals surface area contributed by atoms with Gasteiger partial charge in [-0.2, -0.15) is 5.26 Å². The van der Waals surface area contributed by atoms with Gasteiger partial charge in [0.15, 0.2) is 0 Å². The zero-order valence-electron chi connectivity index (χ0n) is 12.1. The molecule has 1 spiro atoms. The normalized spacial score (nSPS) is 24.6. The van der Waals surface area contributed by atoms with E-state index in [1.54, 1.807) is 16.8 Å². The highest BCUT2D eigenvalue weighted by Crippen LogP contribution is 2.39. The molecule has 5 heteroatoms. The van der Waals surface area contributed by atoms with E-state index in [1.807, 2.05) is 6.07 Å². The quantitative estimate of drug-likeness (QED) is 0.831. The van der Waals surface area contributed by atoms with Crippen molar-refractivity contribution in [1.82, 2.24) is 4.57 Å². The van der Waals surface area contributed by atoms with Crippen LogP contribution in [-0.2, 0) is 16.0 Å². The predicted octanol–water partition coefficient (Wildman–Crippen LogP) is 1.70. The van der Waals surface area contributed by atoms with Crippen LogP contribution in [0, 0.1) is 16.7 Å². The molecule has 1 unspecified atom stereocenters. The second-order valence-corrected chi connectivity index (χ2v) is 6.10. The molecule has 1 aromatic rings. The topological polar surface area (TPSA) is 64.2 Å². The van der Waals surface area contributed by atoms with Gasteiger partial charge in [-0.1, -0.05) is 0 Å². The minimum atomic E-state index is -0.135. The molecule has 0 aromatic carbocycles. The van der Waals surface area contributed by atoms with Crippen LogP contribution < -0.4 is 5.56 Å². The summed E-state index contributed by atoms with van der Waals surface area (Å²) in [4.78, 5) is 11.9. The van der Waals surface area contributed by atoms with E-state index in [2.05, 4.69) is 0 Å². The van der Waals surface area contributed by atoms with Crippen LogP contribution in [0.5, 0.6) is 0 Å². The molecule has 2 fully saturated rings. The summed E-state index contributed by atoms with van der Waals surface area (Å²) >= 11 is 0. The fourth-order valence-electron chi connectivity index (χ4n) is 3.21. The minimum Gasteiger partial charge on any atom is -0.381 e. The number of nitriles is 1. The van der Waals surface area contributed by atoms with Crippen LogP contribution in [0.3, 0.4) is 0 Å². The van der Waals surface area contributed by atoms with Gasteiger partial charge in [0.25, 0.3) is 5.56 Å². The average Bonchev–Trinajstić information content (AvgIpc) is 2.52. The van der Waals surface area contributed by atoms with Gasteiger partial charge in [0, 0.05) is 25.5 Å². The number of rotatable bonds is 2. The molecule has 3 heterocycles. The molecule has 5 nitrogen and oxygen atoms in total. The fourth-order valence-corrected chi connectivity index (χ4v) is 3.21. The van der Waals surface area contributed by atoms with Crippen LogP contribution in [0.1, 0.15) is 31.2 Å². The monoisotopic (exact) mass is 288 g/mol. The van der Waals surface area contributed by atoms with Crippen LogP contribution in [0.25, 0.3) is 0 Å². The van der Waals surface area contributed by atoms with Crippen molar-refractivity contribution >= 4 is 0 Å². The highest BCUT2D eigenvalue weighted by Gasteiger charge is 2.37. The van der Waals surface area contributed by atoms with E-state index in [1.165, 1.54) is 6.07 Å². The summed E-state index contributed by atoms with van der Waals surface area (Å²) in [5, 5.41) is 8.78. The van der Waals surface area contributed by atoms with Gasteiger partial charge < -0.3 is 14.0 Å². The molecule has 21 heavy (non-hydrogen) atoms. The van der Waals surface area contributed by atoms with Crippen molar-refractivity contribution in [3.05, 3.63) is 34.2 Å². The van der Waals surface area contributed by atoms with E-state index in [9.17, 15) is 4.79 Å². The number of nitrogens with zero attached hydrogens (tertiary/aromatic N) is 2. The molecule has 1 aromatic heterocycles. The molecule has 2 aliphatic heterocycles. The lowest BCUT2D eigenvalue weighted by Gasteiger charge is -2.42. The SMILES string of the molecule is N#Cc1ccn(CC2CCC3(CCOCC3)CO2)c(=O)c1. The van der Waals surface area contributed by atoms with Gasteiger partial charge in [0.2, 0.25) is 0 Å². The third kappa shape index (κ3) is 3.17. The molecule has 0 N–H and O–H groups in total. The van der Waals surface area contributed by atoms with Crippen molar-refractivity contribution in [2.24, 2.45) is 5.41 Å². The van der Waals surface area contributed by atoms with Crippen molar-refractivity contribution in [1.29, 1.82) is 5.26 Å². The lowest BCUT2D eigenvalue weighted by Crippen LogP contribution is -2.42. The highest BCUT2D eigenvalue weighted by atomic mass is 16.5. The van der Waals surface area contributed by atoms with Gasteiger partial charge >= 0.3 is 0 Å². The lowest BCUT2D eigenvalue weighted by molar-refractivity contribution is -0.109. The second kappa shape index (κ2) is 6.00. The number of ether oxygens (including phenoxy) is 2. The Bertz CT molecular complexity index is 586. The second-order valence-electron chi connectivity index (χ2n) is 6.10. The molecular weight excluding hydrogens is 268 g/mol. The van der Waals surface area contributed by atoms with Crippen LogP contribution in [0.15, 0.2) is 23.1 Å². The molecule has 0 amide bonds. The Morgan fingerprint density at radius 3 is 2.81 bits per heavy atom. The molecule has 2 aliphatic rings. The fraction of sp³-hybridized carbons (Fsp3) is 0.625. The standard InChI is InChI=1S/C16H20N2O3/c17-10-13-2-6-18(15(19)9-13)11-14-1-3-16(12-21-14)4-7-20-8-5-16/h2,6,9,14H,1,3-5,7-8,11-12H2. The van der Waals surface area contributed by atoms with Crippen molar-refractivity contribution in [2.75, 3.05) is 19.8 Å². The summed E-state index contributed by atoms with van der Waals surface area (Å²) in [6.45, 7) is 3.01. The number of hydrogen-bond donors (Lipinski definition) is 0. The van der Waals surface area contributed by atoms with Gasteiger partial charge in [-0.25, -0.2) is 0 Å². The van der Waals surface area contributed by atoms with E-state index in [4.69, 9.17) is 14.7 Å². The molecule has 112 valence electrons. The van der Waals surface area contributed by atoms with E-state index in [0.29, 0.717) is 17.5 Å². The summed E-state index contributed by atoms with van der Waals surface area (Å²) in [7, 11) is 0. The Hall–Kier alpha value is -1.64.